The van der Waals surface area contributed by atoms with E-state index in [1.807, 2.05) is 4.90 Å². The maximum Gasteiger partial charge on any atom is 0.193 e. The maximum absolute atomic E-state index is 13.7. The van der Waals surface area contributed by atoms with Crippen molar-refractivity contribution in [2.24, 2.45) is 0 Å². The van der Waals surface area contributed by atoms with Crippen molar-refractivity contribution in [1.82, 2.24) is 9.80 Å². The maximum atomic E-state index is 13.7. The summed E-state index contributed by atoms with van der Waals surface area (Å²) < 4.78 is 27.3. The Bertz CT molecular complexity index is 835. The molecule has 1 aliphatic rings. The van der Waals surface area contributed by atoms with E-state index < -0.39 is 23.0 Å². The lowest BCUT2D eigenvalue weighted by Gasteiger charge is -2.34. The summed E-state index contributed by atoms with van der Waals surface area (Å²) in [5.74, 6) is -2.31. The van der Waals surface area contributed by atoms with Gasteiger partial charge in [0, 0.05) is 45.0 Å². The summed E-state index contributed by atoms with van der Waals surface area (Å²) in [6, 6.07) is 9.97. The molecule has 142 valence electrons. The molecule has 1 fully saturated rings. The van der Waals surface area contributed by atoms with E-state index in [0.717, 1.165) is 44.9 Å². The predicted octanol–water partition coefficient (Wildman–Crippen LogP) is 4.10. The second-order valence-corrected chi connectivity index (χ2v) is 7.01. The molecular formula is C22H24F2N2O. The number of allylic oxidation sites excluding steroid dienone is 1. The molecule has 0 unspecified atom stereocenters. The molecule has 0 atom stereocenters. The Morgan fingerprint density at radius 1 is 1.00 bits per heavy atom. The lowest BCUT2D eigenvalue weighted by molar-refractivity contribution is 0.103. The number of aryl methyl sites for hydroxylation is 2. The fourth-order valence-electron chi connectivity index (χ4n) is 3.22. The highest BCUT2D eigenvalue weighted by Crippen LogP contribution is 2.15. The summed E-state index contributed by atoms with van der Waals surface area (Å²) in [6.45, 7) is 8.43. The fourth-order valence-corrected chi connectivity index (χ4v) is 3.22. The number of hydrogen-bond donors (Lipinski definition) is 0. The minimum atomic E-state index is -0.831. The molecule has 1 aliphatic heterocycles. The third-order valence-electron chi connectivity index (χ3n) is 5.03. The van der Waals surface area contributed by atoms with Crippen LogP contribution in [-0.4, -0.2) is 41.8 Å². The van der Waals surface area contributed by atoms with Crippen LogP contribution in [0.15, 0.2) is 48.7 Å². The molecule has 0 aromatic heterocycles. The minimum absolute atomic E-state index is 0.498. The second kappa shape index (κ2) is 8.44. The molecule has 27 heavy (non-hydrogen) atoms. The first kappa shape index (κ1) is 19.2. The first-order valence-electron chi connectivity index (χ1n) is 9.13. The molecule has 0 N–H and O–H groups in total. The largest absolute Gasteiger partial charge is 0.375 e. The molecule has 5 heteroatoms. The highest BCUT2D eigenvalue weighted by atomic mass is 19.1. The van der Waals surface area contributed by atoms with Gasteiger partial charge in [-0.15, -0.1) is 0 Å². The number of benzene rings is 2. The zero-order chi connectivity index (χ0) is 19.4. The number of piperazine rings is 1. The number of hydrogen-bond acceptors (Lipinski definition) is 3. The summed E-state index contributed by atoms with van der Waals surface area (Å²) in [7, 11) is 0. The predicted molar refractivity (Wildman–Crippen MR) is 103 cm³/mol. The molecule has 2 aromatic rings. The standard InChI is InChI=1S/C22H24F2N2O/c1-16-6-7-18(14-17(16)2)15-26-12-10-25(11-13-26)9-8-21(27)22-19(23)4-3-5-20(22)24/h3-9,14H,10-13,15H2,1-2H3/b9-8+. The van der Waals surface area contributed by atoms with Crippen molar-refractivity contribution >= 4 is 5.78 Å². The number of nitrogens with zero attached hydrogens (tertiary/aromatic N) is 2. The van der Waals surface area contributed by atoms with Crippen LogP contribution >= 0.6 is 0 Å². The van der Waals surface area contributed by atoms with Gasteiger partial charge in [-0.2, -0.15) is 0 Å². The second-order valence-electron chi connectivity index (χ2n) is 7.01. The fraction of sp³-hybridized carbons (Fsp3) is 0.318. The van der Waals surface area contributed by atoms with Gasteiger partial charge in [0.25, 0.3) is 0 Å². The Labute approximate surface area is 158 Å². The van der Waals surface area contributed by atoms with E-state index in [1.165, 1.54) is 28.8 Å². The average molecular weight is 370 g/mol. The lowest BCUT2D eigenvalue weighted by Crippen LogP contribution is -2.43. The van der Waals surface area contributed by atoms with Crippen LogP contribution in [0.4, 0.5) is 8.78 Å². The van der Waals surface area contributed by atoms with Gasteiger partial charge in [0.2, 0.25) is 0 Å². The molecule has 3 rings (SSSR count). The van der Waals surface area contributed by atoms with E-state index >= 15 is 0 Å². The SMILES string of the molecule is Cc1ccc(CN2CCN(/C=C/C(=O)c3c(F)cccc3F)CC2)cc1C. The van der Waals surface area contributed by atoms with E-state index in [4.69, 9.17) is 0 Å². The van der Waals surface area contributed by atoms with Crippen molar-refractivity contribution in [2.45, 2.75) is 20.4 Å². The van der Waals surface area contributed by atoms with Crippen LogP contribution in [0.1, 0.15) is 27.0 Å². The van der Waals surface area contributed by atoms with Gasteiger partial charge < -0.3 is 4.90 Å². The van der Waals surface area contributed by atoms with Gasteiger partial charge in [-0.05, 0) is 42.7 Å². The zero-order valence-corrected chi connectivity index (χ0v) is 15.7. The summed E-state index contributed by atoms with van der Waals surface area (Å²) in [5, 5.41) is 0. The number of carbonyl (C=O) groups is 1. The Hall–Kier alpha value is -2.53. The first-order valence-corrected chi connectivity index (χ1v) is 9.13. The third kappa shape index (κ3) is 4.80. The molecule has 0 spiro atoms. The Morgan fingerprint density at radius 2 is 1.67 bits per heavy atom. The molecular weight excluding hydrogens is 346 g/mol. The highest BCUT2D eigenvalue weighted by Gasteiger charge is 2.17. The van der Waals surface area contributed by atoms with Crippen molar-refractivity contribution in [2.75, 3.05) is 26.2 Å². The van der Waals surface area contributed by atoms with E-state index in [2.05, 4.69) is 36.9 Å². The van der Waals surface area contributed by atoms with E-state index in [-0.39, 0.29) is 0 Å². The van der Waals surface area contributed by atoms with Crippen molar-refractivity contribution in [3.8, 4) is 0 Å². The molecule has 1 saturated heterocycles. The summed E-state index contributed by atoms with van der Waals surface area (Å²) in [4.78, 5) is 16.5. The smallest absolute Gasteiger partial charge is 0.193 e. The third-order valence-corrected chi connectivity index (χ3v) is 5.03. The number of halogens is 2. The van der Waals surface area contributed by atoms with Crippen LogP contribution in [-0.2, 0) is 6.54 Å². The first-order chi connectivity index (χ1) is 12.9. The highest BCUT2D eigenvalue weighted by molar-refractivity contribution is 6.04. The molecule has 0 radical (unpaired) electrons. The number of carbonyl (C=O) groups excluding carboxylic acids is 1. The van der Waals surface area contributed by atoms with Gasteiger partial charge in [0.15, 0.2) is 5.78 Å². The van der Waals surface area contributed by atoms with Crippen molar-refractivity contribution in [3.63, 3.8) is 0 Å². The summed E-state index contributed by atoms with van der Waals surface area (Å²) in [5.41, 5.74) is 3.40. The van der Waals surface area contributed by atoms with Crippen LogP contribution in [0.5, 0.6) is 0 Å². The minimum Gasteiger partial charge on any atom is -0.375 e. The molecule has 0 aliphatic carbocycles. The normalized spacial score (nSPS) is 15.5. The quantitative estimate of drug-likeness (QED) is 0.585. The molecule has 1 heterocycles. The van der Waals surface area contributed by atoms with Gasteiger partial charge in [-0.3, -0.25) is 9.69 Å². The monoisotopic (exact) mass is 370 g/mol. The Kier molecular flexibility index (Phi) is 6.01. The lowest BCUT2D eigenvalue weighted by atomic mass is 10.1. The molecule has 0 bridgehead atoms. The molecule has 0 saturated carbocycles. The van der Waals surface area contributed by atoms with Gasteiger partial charge in [-0.1, -0.05) is 24.3 Å². The van der Waals surface area contributed by atoms with Crippen molar-refractivity contribution in [1.29, 1.82) is 0 Å². The summed E-state index contributed by atoms with van der Waals surface area (Å²) in [6.07, 6.45) is 2.89. The Balaban J connectivity index is 1.54. The van der Waals surface area contributed by atoms with E-state index in [9.17, 15) is 13.6 Å². The van der Waals surface area contributed by atoms with Gasteiger partial charge in [-0.25, -0.2) is 8.78 Å². The number of rotatable bonds is 5. The van der Waals surface area contributed by atoms with Crippen LogP contribution < -0.4 is 0 Å². The topological polar surface area (TPSA) is 23.6 Å². The van der Waals surface area contributed by atoms with Crippen LogP contribution in [0.3, 0.4) is 0 Å². The number of ketones is 1. The van der Waals surface area contributed by atoms with E-state index in [1.54, 1.807) is 6.20 Å². The molecule has 2 aromatic carbocycles. The van der Waals surface area contributed by atoms with Crippen LogP contribution in [0.2, 0.25) is 0 Å². The van der Waals surface area contributed by atoms with Crippen molar-refractivity contribution < 1.29 is 13.6 Å². The van der Waals surface area contributed by atoms with Crippen molar-refractivity contribution in [3.05, 3.63) is 82.6 Å². The average Bonchev–Trinajstić information content (AvgIpc) is 2.64. The van der Waals surface area contributed by atoms with E-state index in [0.29, 0.717) is 0 Å². The van der Waals surface area contributed by atoms with Crippen LogP contribution in [0.25, 0.3) is 0 Å². The zero-order valence-electron chi connectivity index (χ0n) is 15.7. The summed E-state index contributed by atoms with van der Waals surface area (Å²) >= 11 is 0. The van der Waals surface area contributed by atoms with Crippen LogP contribution in [0, 0.1) is 25.5 Å². The Morgan fingerprint density at radius 3 is 2.30 bits per heavy atom. The van der Waals surface area contributed by atoms with Gasteiger partial charge in [0.1, 0.15) is 11.6 Å². The molecule has 0 amide bonds. The van der Waals surface area contributed by atoms with Gasteiger partial charge >= 0.3 is 0 Å². The molecule has 3 nitrogen and oxygen atoms in total. The van der Waals surface area contributed by atoms with Gasteiger partial charge in [0.05, 0.1) is 5.56 Å².